The summed E-state index contributed by atoms with van der Waals surface area (Å²) in [6, 6.07) is 5.29. The number of hydrogen-bond acceptors (Lipinski definition) is 4. The molecule has 25 heavy (non-hydrogen) atoms. The van der Waals surface area contributed by atoms with Crippen molar-refractivity contribution in [3.8, 4) is 5.75 Å². The maximum atomic E-state index is 12.5. The van der Waals surface area contributed by atoms with Crippen LogP contribution in [0, 0.1) is 6.92 Å². The Morgan fingerprint density at radius 1 is 1.28 bits per heavy atom. The van der Waals surface area contributed by atoms with Crippen LogP contribution in [0.2, 0.25) is 0 Å². The summed E-state index contributed by atoms with van der Waals surface area (Å²) < 4.78 is 70.6. The topological polar surface area (TPSA) is 73.2 Å². The van der Waals surface area contributed by atoms with Gasteiger partial charge in [0, 0.05) is 12.7 Å². The highest BCUT2D eigenvalue weighted by Gasteiger charge is 2.33. The molecule has 0 bridgehead atoms. The van der Waals surface area contributed by atoms with Gasteiger partial charge in [-0.2, -0.15) is 18.3 Å². The molecule has 0 aliphatic rings. The van der Waals surface area contributed by atoms with E-state index in [2.05, 4.69) is 9.82 Å². The number of nitrogens with one attached hydrogen (secondary N) is 1. The van der Waals surface area contributed by atoms with Crippen LogP contribution in [0.4, 0.5) is 13.2 Å². The standard InChI is InChI=1S/C15H18F3N3O3S/c1-3-24-13-5-4-12(10-11(13)2)25(22,23)19-7-9-21-8-6-14(20-21)15(16,17)18/h4-6,8,10,19H,3,7,9H2,1-2H3. The van der Waals surface area contributed by atoms with Gasteiger partial charge in [-0.1, -0.05) is 0 Å². The lowest BCUT2D eigenvalue weighted by Gasteiger charge is -2.11. The molecule has 6 nitrogen and oxygen atoms in total. The van der Waals surface area contributed by atoms with Crippen molar-refractivity contribution in [1.82, 2.24) is 14.5 Å². The molecule has 0 spiro atoms. The Labute approximate surface area is 143 Å². The predicted molar refractivity (Wildman–Crippen MR) is 84.8 cm³/mol. The number of nitrogens with zero attached hydrogens (tertiary/aromatic N) is 2. The molecule has 0 atom stereocenters. The highest BCUT2D eigenvalue weighted by atomic mass is 32.2. The van der Waals surface area contributed by atoms with Gasteiger partial charge >= 0.3 is 6.18 Å². The first-order valence-corrected chi connectivity index (χ1v) is 8.95. The summed E-state index contributed by atoms with van der Waals surface area (Å²) in [4.78, 5) is 0.0601. The van der Waals surface area contributed by atoms with Crippen LogP contribution in [0.25, 0.3) is 0 Å². The maximum Gasteiger partial charge on any atom is 0.435 e. The maximum absolute atomic E-state index is 12.5. The van der Waals surface area contributed by atoms with Gasteiger partial charge in [0.2, 0.25) is 10.0 Å². The van der Waals surface area contributed by atoms with Crippen LogP contribution in [0.5, 0.6) is 5.75 Å². The molecule has 0 radical (unpaired) electrons. The van der Waals surface area contributed by atoms with Crippen LogP contribution >= 0.6 is 0 Å². The zero-order chi connectivity index (χ0) is 18.7. The van der Waals surface area contributed by atoms with E-state index in [9.17, 15) is 21.6 Å². The molecule has 1 N–H and O–H groups in total. The summed E-state index contributed by atoms with van der Waals surface area (Å²) in [5.41, 5.74) is -0.343. The van der Waals surface area contributed by atoms with Crippen LogP contribution in [0.1, 0.15) is 18.2 Å². The molecule has 0 aliphatic heterocycles. The minimum Gasteiger partial charge on any atom is -0.494 e. The molecule has 0 unspecified atom stereocenters. The van der Waals surface area contributed by atoms with Gasteiger partial charge in [0.25, 0.3) is 0 Å². The van der Waals surface area contributed by atoms with Crippen molar-refractivity contribution in [2.75, 3.05) is 13.2 Å². The number of benzene rings is 1. The minimum absolute atomic E-state index is 0.0225. The van der Waals surface area contributed by atoms with Crippen molar-refractivity contribution in [1.29, 1.82) is 0 Å². The number of alkyl halides is 3. The lowest BCUT2D eigenvalue weighted by molar-refractivity contribution is -0.141. The van der Waals surface area contributed by atoms with E-state index >= 15 is 0 Å². The van der Waals surface area contributed by atoms with E-state index in [1.54, 1.807) is 13.0 Å². The molecular weight excluding hydrogens is 359 g/mol. The quantitative estimate of drug-likeness (QED) is 0.805. The normalized spacial score (nSPS) is 12.4. The highest BCUT2D eigenvalue weighted by molar-refractivity contribution is 7.89. The second kappa shape index (κ2) is 7.44. The van der Waals surface area contributed by atoms with Crippen LogP contribution in [-0.4, -0.2) is 31.3 Å². The number of aromatic nitrogens is 2. The second-order valence-corrected chi connectivity index (χ2v) is 6.99. The average molecular weight is 377 g/mol. The SMILES string of the molecule is CCOc1ccc(S(=O)(=O)NCCn2ccc(C(F)(F)F)n2)cc1C. The van der Waals surface area contributed by atoms with E-state index < -0.39 is 21.9 Å². The van der Waals surface area contributed by atoms with Gasteiger partial charge in [0.15, 0.2) is 5.69 Å². The summed E-state index contributed by atoms with van der Waals surface area (Å²) in [6.07, 6.45) is -3.37. The van der Waals surface area contributed by atoms with Gasteiger partial charge in [-0.25, -0.2) is 13.1 Å². The molecule has 138 valence electrons. The van der Waals surface area contributed by atoms with Gasteiger partial charge < -0.3 is 4.74 Å². The van der Waals surface area contributed by atoms with E-state index in [1.807, 2.05) is 6.92 Å². The first-order chi connectivity index (χ1) is 11.6. The van der Waals surface area contributed by atoms with Crippen molar-refractivity contribution in [2.45, 2.75) is 31.5 Å². The highest BCUT2D eigenvalue weighted by Crippen LogP contribution is 2.27. The fourth-order valence-electron chi connectivity index (χ4n) is 2.12. The largest absolute Gasteiger partial charge is 0.494 e. The fraction of sp³-hybridized carbons (Fsp3) is 0.400. The molecule has 0 aliphatic carbocycles. The van der Waals surface area contributed by atoms with Gasteiger partial charge in [-0.05, 0) is 43.7 Å². The van der Waals surface area contributed by atoms with E-state index in [0.717, 1.165) is 16.9 Å². The van der Waals surface area contributed by atoms with Gasteiger partial charge in [-0.3, -0.25) is 4.68 Å². The molecular formula is C15H18F3N3O3S. The Kier molecular flexibility index (Phi) is 5.73. The van der Waals surface area contributed by atoms with Crippen LogP contribution in [0.15, 0.2) is 35.4 Å². The van der Waals surface area contributed by atoms with Gasteiger partial charge in [-0.15, -0.1) is 0 Å². The Bertz CT molecular complexity index is 832. The number of sulfonamides is 1. The molecule has 0 fully saturated rings. The Balaban J connectivity index is 2.00. The Morgan fingerprint density at radius 2 is 2.00 bits per heavy atom. The van der Waals surface area contributed by atoms with E-state index in [4.69, 9.17) is 4.74 Å². The molecule has 1 heterocycles. The van der Waals surface area contributed by atoms with Crippen LogP contribution in [-0.2, 0) is 22.7 Å². The first kappa shape index (κ1) is 19.3. The Hall–Kier alpha value is -2.07. The van der Waals surface area contributed by atoms with E-state index in [1.165, 1.54) is 12.1 Å². The Morgan fingerprint density at radius 3 is 2.56 bits per heavy atom. The number of rotatable bonds is 7. The number of aryl methyl sites for hydroxylation is 1. The average Bonchev–Trinajstić information content (AvgIpc) is 2.98. The van der Waals surface area contributed by atoms with Gasteiger partial charge in [0.1, 0.15) is 5.75 Å². The third-order valence-corrected chi connectivity index (χ3v) is 4.78. The molecule has 2 rings (SSSR count). The molecule has 2 aromatic rings. The van der Waals surface area contributed by atoms with Gasteiger partial charge in [0.05, 0.1) is 18.0 Å². The molecule has 0 saturated heterocycles. The van der Waals surface area contributed by atoms with Crippen molar-refractivity contribution >= 4 is 10.0 Å². The second-order valence-electron chi connectivity index (χ2n) is 5.22. The molecule has 1 aromatic carbocycles. The van der Waals surface area contributed by atoms with E-state index in [-0.39, 0.29) is 18.0 Å². The number of hydrogen-bond donors (Lipinski definition) is 1. The minimum atomic E-state index is -4.52. The number of ether oxygens (including phenoxy) is 1. The predicted octanol–water partition coefficient (Wildman–Crippen LogP) is 2.59. The first-order valence-electron chi connectivity index (χ1n) is 7.47. The van der Waals surface area contributed by atoms with Crippen molar-refractivity contribution in [3.63, 3.8) is 0 Å². The smallest absolute Gasteiger partial charge is 0.435 e. The summed E-state index contributed by atoms with van der Waals surface area (Å²) in [6.45, 7) is 3.91. The zero-order valence-electron chi connectivity index (χ0n) is 13.7. The molecule has 0 amide bonds. The summed E-state index contributed by atoms with van der Waals surface area (Å²) in [7, 11) is -3.78. The monoisotopic (exact) mass is 377 g/mol. The number of halogens is 3. The fourth-order valence-corrected chi connectivity index (χ4v) is 3.23. The lowest BCUT2D eigenvalue weighted by Crippen LogP contribution is -2.27. The zero-order valence-corrected chi connectivity index (χ0v) is 14.5. The molecule has 10 heteroatoms. The van der Waals surface area contributed by atoms with Crippen molar-refractivity contribution < 1.29 is 26.3 Å². The summed E-state index contributed by atoms with van der Waals surface area (Å²) in [5, 5.41) is 3.36. The molecule has 0 saturated carbocycles. The van der Waals surface area contributed by atoms with Crippen LogP contribution in [0.3, 0.4) is 0 Å². The molecule has 1 aromatic heterocycles. The summed E-state index contributed by atoms with van der Waals surface area (Å²) in [5.74, 6) is 0.595. The van der Waals surface area contributed by atoms with Crippen LogP contribution < -0.4 is 9.46 Å². The third kappa shape index (κ3) is 4.95. The summed E-state index contributed by atoms with van der Waals surface area (Å²) >= 11 is 0. The third-order valence-electron chi connectivity index (χ3n) is 3.32. The van der Waals surface area contributed by atoms with Crippen molar-refractivity contribution in [3.05, 3.63) is 41.7 Å². The van der Waals surface area contributed by atoms with E-state index in [0.29, 0.717) is 17.9 Å². The van der Waals surface area contributed by atoms with Crippen molar-refractivity contribution in [2.24, 2.45) is 0 Å². The lowest BCUT2D eigenvalue weighted by atomic mass is 10.2.